The van der Waals surface area contributed by atoms with E-state index in [9.17, 15) is 21.6 Å². The Morgan fingerprint density at radius 3 is 1.57 bits per heavy atom. The molecule has 0 aromatic heterocycles. The Hall–Kier alpha value is -3.94. The molecule has 3 nitrogen and oxygen atoms in total. The van der Waals surface area contributed by atoms with Gasteiger partial charge in [0.05, 0.1) is 0 Å². The maximum Gasteiger partial charge on any atom is 0.534 e. The van der Waals surface area contributed by atoms with Crippen molar-refractivity contribution < 1.29 is 25.8 Å². The largest absolute Gasteiger partial charge is 0.534 e. The summed E-state index contributed by atoms with van der Waals surface area (Å²) in [6.45, 7) is 15.9. The molecule has 7 heteroatoms. The monoisotopic (exact) mass is 594 g/mol. The van der Waals surface area contributed by atoms with E-state index >= 15 is 0 Å². The van der Waals surface area contributed by atoms with Crippen LogP contribution in [-0.4, -0.2) is 13.9 Å². The van der Waals surface area contributed by atoms with Gasteiger partial charge in [-0.1, -0.05) is 96.0 Å². The van der Waals surface area contributed by atoms with Crippen LogP contribution < -0.4 is 4.18 Å². The molecule has 4 aromatic rings. The predicted octanol–water partition coefficient (Wildman–Crippen LogP) is 9.51. The molecule has 4 rings (SSSR count). The Morgan fingerprint density at radius 1 is 0.714 bits per heavy atom. The highest BCUT2D eigenvalue weighted by Crippen LogP contribution is 2.36. The van der Waals surface area contributed by atoms with Gasteiger partial charge in [0.2, 0.25) is 0 Å². The molecule has 222 valence electrons. The van der Waals surface area contributed by atoms with E-state index in [1.165, 1.54) is 28.5 Å². The van der Waals surface area contributed by atoms with Gasteiger partial charge in [0.15, 0.2) is 0 Å². The highest BCUT2D eigenvalue weighted by atomic mass is 32.2. The standard InChI is InChI=1S/C17H18.C15H15F3O3S.C3H4/c1-5-8-13-11-14-9-6-7-10-15(14)16(12-13)17(2,3)4;1-14(2,3)13-9-11(21-22(19,20)15(16,17)18)8-10-6-4-5-7-12(10)13;1-3-2/h6-7,9-12H,1-4H3;4-9H,1-3H3;1H,2H3. The van der Waals surface area contributed by atoms with Crippen LogP contribution in [0.1, 0.15) is 72.1 Å². The van der Waals surface area contributed by atoms with Crippen molar-refractivity contribution in [3.63, 3.8) is 0 Å². The van der Waals surface area contributed by atoms with Crippen molar-refractivity contribution in [3.05, 3.63) is 89.5 Å². The molecule has 0 fully saturated rings. The second-order valence-electron chi connectivity index (χ2n) is 11.6. The van der Waals surface area contributed by atoms with Gasteiger partial charge in [0.1, 0.15) is 5.75 Å². The van der Waals surface area contributed by atoms with Crippen LogP contribution in [0.3, 0.4) is 0 Å². The van der Waals surface area contributed by atoms with Gasteiger partial charge in [-0.15, -0.1) is 18.3 Å². The van der Waals surface area contributed by atoms with Crippen LogP contribution in [0.25, 0.3) is 21.5 Å². The number of fused-ring (bicyclic) bond motifs is 2. The summed E-state index contributed by atoms with van der Waals surface area (Å²) in [4.78, 5) is 0. The highest BCUT2D eigenvalue weighted by molar-refractivity contribution is 7.88. The third-order valence-corrected chi connectivity index (χ3v) is 7.05. The maximum absolute atomic E-state index is 12.5. The van der Waals surface area contributed by atoms with Crippen LogP contribution in [0.2, 0.25) is 0 Å². The van der Waals surface area contributed by atoms with E-state index in [1.54, 1.807) is 19.1 Å². The summed E-state index contributed by atoms with van der Waals surface area (Å²) in [5.41, 5.74) is -2.52. The Kier molecular flexibility index (Phi) is 10.9. The number of halogens is 3. The second-order valence-corrected chi connectivity index (χ2v) is 13.1. The first-order chi connectivity index (χ1) is 19.4. The summed E-state index contributed by atoms with van der Waals surface area (Å²) in [5, 5.41) is 4.06. The van der Waals surface area contributed by atoms with Crippen molar-refractivity contribution >= 4 is 31.7 Å². The zero-order chi connectivity index (χ0) is 31.9. The number of benzene rings is 4. The van der Waals surface area contributed by atoms with Gasteiger partial charge in [-0.3, -0.25) is 0 Å². The molecule has 0 heterocycles. The minimum absolute atomic E-state index is 0.144. The van der Waals surface area contributed by atoms with E-state index in [2.05, 4.69) is 85.5 Å². The van der Waals surface area contributed by atoms with E-state index in [0.717, 1.165) is 10.9 Å². The van der Waals surface area contributed by atoms with E-state index in [-0.39, 0.29) is 16.6 Å². The summed E-state index contributed by atoms with van der Waals surface area (Å²) in [6, 6.07) is 22.6. The third-order valence-electron chi connectivity index (χ3n) is 6.07. The molecule has 0 saturated heterocycles. The van der Waals surface area contributed by atoms with Gasteiger partial charge < -0.3 is 4.18 Å². The first kappa shape index (κ1) is 34.3. The lowest BCUT2D eigenvalue weighted by molar-refractivity contribution is -0.0500. The van der Waals surface area contributed by atoms with Crippen molar-refractivity contribution in [2.45, 2.75) is 71.7 Å². The van der Waals surface area contributed by atoms with Crippen molar-refractivity contribution in [2.24, 2.45) is 0 Å². The highest BCUT2D eigenvalue weighted by Gasteiger charge is 2.48. The van der Waals surface area contributed by atoms with Crippen LogP contribution in [0.5, 0.6) is 5.75 Å². The molecule has 0 bridgehead atoms. The van der Waals surface area contributed by atoms with Crippen molar-refractivity contribution in [2.75, 3.05) is 0 Å². The zero-order valence-electron chi connectivity index (χ0n) is 25.3. The molecule has 0 aliphatic heterocycles. The van der Waals surface area contributed by atoms with Crippen LogP contribution >= 0.6 is 0 Å². The number of hydrogen-bond donors (Lipinski definition) is 0. The smallest absolute Gasteiger partial charge is 0.376 e. The quantitative estimate of drug-likeness (QED) is 0.132. The number of hydrogen-bond acceptors (Lipinski definition) is 3. The SMILES string of the molecule is C#CC.CC#Cc1cc(C(C)(C)C)c2ccccc2c1.CC(C)(C)c1cc(OS(=O)(=O)C(F)(F)F)cc2ccccc12. The van der Waals surface area contributed by atoms with Gasteiger partial charge in [0.25, 0.3) is 0 Å². The maximum atomic E-state index is 12.5. The topological polar surface area (TPSA) is 43.4 Å². The summed E-state index contributed by atoms with van der Waals surface area (Å²) in [6.07, 6.45) is 4.60. The Bertz CT molecular complexity index is 1750. The Labute approximate surface area is 248 Å². The molecule has 42 heavy (non-hydrogen) atoms. The van der Waals surface area contributed by atoms with E-state index in [4.69, 9.17) is 0 Å². The summed E-state index contributed by atoms with van der Waals surface area (Å²) >= 11 is 0. The molecule has 0 N–H and O–H groups in total. The van der Waals surface area contributed by atoms with E-state index in [0.29, 0.717) is 10.9 Å². The van der Waals surface area contributed by atoms with Gasteiger partial charge >= 0.3 is 15.6 Å². The van der Waals surface area contributed by atoms with Crippen molar-refractivity contribution in [1.29, 1.82) is 0 Å². The number of terminal acetylenes is 1. The zero-order valence-corrected chi connectivity index (χ0v) is 26.1. The molecule has 0 aliphatic carbocycles. The first-order valence-corrected chi connectivity index (χ1v) is 14.6. The lowest BCUT2D eigenvalue weighted by atomic mass is 9.82. The van der Waals surface area contributed by atoms with E-state index < -0.39 is 15.6 Å². The van der Waals surface area contributed by atoms with Crippen LogP contribution in [-0.2, 0) is 20.9 Å². The Balaban J connectivity index is 0.000000275. The second kappa shape index (κ2) is 13.4. The summed E-state index contributed by atoms with van der Waals surface area (Å²) in [5.74, 6) is 8.04. The average Bonchev–Trinajstić information content (AvgIpc) is 2.87. The fourth-order valence-corrected chi connectivity index (χ4v) is 4.72. The Morgan fingerprint density at radius 2 is 1.14 bits per heavy atom. The summed E-state index contributed by atoms with van der Waals surface area (Å²) in [7, 11) is -5.68. The van der Waals surface area contributed by atoms with Gasteiger partial charge in [-0.25, -0.2) is 0 Å². The minimum Gasteiger partial charge on any atom is -0.376 e. The minimum atomic E-state index is -5.68. The molecule has 0 spiro atoms. The van der Waals surface area contributed by atoms with Gasteiger partial charge in [-0.05, 0) is 81.6 Å². The number of alkyl halides is 3. The summed E-state index contributed by atoms with van der Waals surface area (Å²) < 4.78 is 64.0. The predicted molar refractivity (Wildman–Crippen MR) is 168 cm³/mol. The normalized spacial score (nSPS) is 11.7. The number of rotatable bonds is 2. The molecule has 0 radical (unpaired) electrons. The van der Waals surface area contributed by atoms with Gasteiger partial charge in [0, 0.05) is 5.56 Å². The average molecular weight is 595 g/mol. The fraction of sp³-hybridized carbons (Fsp3) is 0.314. The molecule has 0 aliphatic rings. The third kappa shape index (κ3) is 8.78. The molecule has 0 unspecified atom stereocenters. The molecule has 0 amide bonds. The van der Waals surface area contributed by atoms with Crippen molar-refractivity contribution in [3.8, 4) is 29.9 Å². The molecule has 4 aromatic carbocycles. The van der Waals surface area contributed by atoms with Gasteiger partial charge in [-0.2, -0.15) is 21.6 Å². The van der Waals surface area contributed by atoms with Crippen molar-refractivity contribution in [1.82, 2.24) is 0 Å². The lowest BCUT2D eigenvalue weighted by Crippen LogP contribution is -2.28. The fourth-order valence-electron chi connectivity index (χ4n) is 4.27. The molecular weight excluding hydrogens is 557 g/mol. The van der Waals surface area contributed by atoms with Crippen LogP contribution in [0, 0.1) is 24.2 Å². The van der Waals surface area contributed by atoms with E-state index in [1.807, 2.05) is 39.8 Å². The first-order valence-electron chi connectivity index (χ1n) is 13.2. The lowest BCUT2D eigenvalue weighted by Gasteiger charge is -2.22. The van der Waals surface area contributed by atoms with Crippen LogP contribution in [0.15, 0.2) is 72.8 Å². The molecular formula is C35H37F3O3S. The molecule has 0 saturated carbocycles. The van der Waals surface area contributed by atoms with Crippen LogP contribution in [0.4, 0.5) is 13.2 Å². The molecule has 0 atom stereocenters.